The summed E-state index contributed by atoms with van der Waals surface area (Å²) in [4.78, 5) is 30.1. The summed E-state index contributed by atoms with van der Waals surface area (Å²) in [6.45, 7) is 3.53. The van der Waals surface area contributed by atoms with Gasteiger partial charge in [-0.3, -0.25) is 9.59 Å². The highest BCUT2D eigenvalue weighted by molar-refractivity contribution is 6.31. The summed E-state index contributed by atoms with van der Waals surface area (Å²) in [5, 5.41) is 1.30. The molecule has 1 aliphatic rings. The molecule has 206 valence electrons. The number of nitrogens with zero attached hydrogens (tertiary/aromatic N) is 2. The molecule has 6 nitrogen and oxygen atoms in total. The number of morpholine rings is 1. The minimum atomic E-state index is -0.992. The van der Waals surface area contributed by atoms with Crippen molar-refractivity contribution in [2.24, 2.45) is 0 Å². The minimum absolute atomic E-state index is 0.00461. The Bertz CT molecular complexity index is 1290. The van der Waals surface area contributed by atoms with E-state index in [1.54, 1.807) is 29.0 Å². The summed E-state index contributed by atoms with van der Waals surface area (Å²) in [6, 6.07) is 22.8. The first-order valence-corrected chi connectivity index (χ1v) is 13.8. The number of benzene rings is 3. The second-order valence-corrected chi connectivity index (χ2v) is 10.9. The molecule has 1 heterocycles. The van der Waals surface area contributed by atoms with Crippen molar-refractivity contribution in [3.05, 3.63) is 99.5 Å². The molecule has 2 amide bonds. The second kappa shape index (κ2) is 13.3. The van der Waals surface area contributed by atoms with Crippen molar-refractivity contribution in [2.45, 2.75) is 38.3 Å². The van der Waals surface area contributed by atoms with Gasteiger partial charge in [-0.2, -0.15) is 0 Å². The van der Waals surface area contributed by atoms with Crippen molar-refractivity contribution in [1.82, 2.24) is 9.80 Å². The van der Waals surface area contributed by atoms with Gasteiger partial charge in [0.2, 0.25) is 11.8 Å². The summed E-state index contributed by atoms with van der Waals surface area (Å²) in [7, 11) is 1.78. The second-order valence-electron chi connectivity index (χ2n) is 10.1. The van der Waals surface area contributed by atoms with Crippen molar-refractivity contribution in [1.29, 1.82) is 0 Å². The van der Waals surface area contributed by atoms with Gasteiger partial charge in [-0.1, -0.05) is 71.7 Å². The van der Waals surface area contributed by atoms with Gasteiger partial charge in [0.15, 0.2) is 0 Å². The Morgan fingerprint density at radius 3 is 2.51 bits per heavy atom. The lowest BCUT2D eigenvalue weighted by Crippen LogP contribution is -2.58. The molecular formula is C31H34Cl2N2O4. The smallest absolute Gasteiger partial charge is 0.225 e. The number of hydrogen-bond acceptors (Lipinski definition) is 4. The molecule has 1 atom stereocenters. The van der Waals surface area contributed by atoms with Gasteiger partial charge >= 0.3 is 0 Å². The molecule has 1 fully saturated rings. The lowest BCUT2D eigenvalue weighted by molar-refractivity contribution is -0.165. The Kier molecular flexibility index (Phi) is 9.89. The van der Waals surface area contributed by atoms with E-state index in [1.807, 2.05) is 67.6 Å². The van der Waals surface area contributed by atoms with E-state index < -0.39 is 5.60 Å². The highest BCUT2D eigenvalue weighted by atomic mass is 35.5. The number of rotatable bonds is 10. The fourth-order valence-corrected chi connectivity index (χ4v) is 5.03. The van der Waals surface area contributed by atoms with E-state index in [4.69, 9.17) is 32.7 Å². The number of amides is 2. The zero-order valence-electron chi connectivity index (χ0n) is 22.4. The Balaban J connectivity index is 1.48. The van der Waals surface area contributed by atoms with Gasteiger partial charge in [-0.15, -0.1) is 0 Å². The van der Waals surface area contributed by atoms with Crippen LogP contribution in [0.1, 0.15) is 29.5 Å². The van der Waals surface area contributed by atoms with Gasteiger partial charge in [0.1, 0.15) is 18.0 Å². The van der Waals surface area contributed by atoms with E-state index in [2.05, 4.69) is 0 Å². The first-order valence-electron chi connectivity index (χ1n) is 13.1. The van der Waals surface area contributed by atoms with Crippen LogP contribution in [0.25, 0.3) is 0 Å². The number of aryl methyl sites for hydroxylation is 2. The topological polar surface area (TPSA) is 59.1 Å². The predicted molar refractivity (Wildman–Crippen MR) is 154 cm³/mol. The molecule has 3 aromatic rings. The monoisotopic (exact) mass is 568 g/mol. The first kappa shape index (κ1) is 28.9. The van der Waals surface area contributed by atoms with Crippen molar-refractivity contribution in [3.8, 4) is 5.75 Å². The van der Waals surface area contributed by atoms with Gasteiger partial charge in [0, 0.05) is 36.6 Å². The summed E-state index contributed by atoms with van der Waals surface area (Å²) in [5.74, 6) is 0.544. The quantitative estimate of drug-likeness (QED) is 0.303. The molecule has 1 saturated heterocycles. The van der Waals surface area contributed by atoms with Gasteiger partial charge in [-0.05, 0) is 54.3 Å². The van der Waals surface area contributed by atoms with Crippen molar-refractivity contribution >= 4 is 35.0 Å². The zero-order chi connectivity index (χ0) is 27.8. The Hall–Kier alpha value is -3.06. The fraction of sp³-hybridized carbons (Fsp3) is 0.355. The zero-order valence-corrected chi connectivity index (χ0v) is 23.9. The molecule has 39 heavy (non-hydrogen) atoms. The van der Waals surface area contributed by atoms with Crippen molar-refractivity contribution < 1.29 is 19.1 Å². The Morgan fingerprint density at radius 2 is 1.77 bits per heavy atom. The number of carbonyl (C=O) groups excluding carboxylic acids is 2. The molecule has 4 rings (SSSR count). The summed E-state index contributed by atoms with van der Waals surface area (Å²) in [5.41, 5.74) is 1.87. The van der Waals surface area contributed by atoms with E-state index >= 15 is 0 Å². The lowest BCUT2D eigenvalue weighted by Gasteiger charge is -2.42. The van der Waals surface area contributed by atoms with Gasteiger partial charge < -0.3 is 19.3 Å². The maximum absolute atomic E-state index is 13.4. The van der Waals surface area contributed by atoms with Crippen LogP contribution in [0.5, 0.6) is 5.75 Å². The Morgan fingerprint density at radius 1 is 1.03 bits per heavy atom. The minimum Gasteiger partial charge on any atom is -0.490 e. The first-order chi connectivity index (χ1) is 18.7. The predicted octanol–water partition coefficient (Wildman–Crippen LogP) is 5.96. The fourth-order valence-electron chi connectivity index (χ4n) is 4.68. The third-order valence-corrected chi connectivity index (χ3v) is 7.75. The maximum atomic E-state index is 13.4. The largest absolute Gasteiger partial charge is 0.490 e. The van der Waals surface area contributed by atoms with Crippen LogP contribution < -0.4 is 4.74 Å². The summed E-state index contributed by atoms with van der Waals surface area (Å²) >= 11 is 12.5. The average molecular weight is 570 g/mol. The van der Waals surface area contributed by atoms with Gasteiger partial charge in [0.25, 0.3) is 0 Å². The van der Waals surface area contributed by atoms with E-state index in [-0.39, 0.29) is 31.4 Å². The standard InChI is InChI=1S/C31H34Cl2N2O4/c1-23-18-26(13-14-27(23)32)38-22-31(19-30(37)34(2)20-24-8-4-3-5-9-24)21-35(16-17-39-31)29(36)15-12-25-10-6-7-11-28(25)33/h3-11,13-14,18H,12,15-17,19-22H2,1-2H3. The molecule has 8 heteroatoms. The summed E-state index contributed by atoms with van der Waals surface area (Å²) < 4.78 is 12.4. The van der Waals surface area contributed by atoms with E-state index in [0.717, 1.165) is 16.7 Å². The molecular weight excluding hydrogens is 535 g/mol. The van der Waals surface area contributed by atoms with Crippen LogP contribution in [0.4, 0.5) is 0 Å². The normalized spacial score (nSPS) is 17.1. The van der Waals surface area contributed by atoms with Crippen LogP contribution in [0.3, 0.4) is 0 Å². The highest BCUT2D eigenvalue weighted by Crippen LogP contribution is 2.28. The third-order valence-electron chi connectivity index (χ3n) is 6.96. The maximum Gasteiger partial charge on any atom is 0.225 e. The molecule has 0 saturated carbocycles. The molecule has 0 spiro atoms. The number of halogens is 2. The van der Waals surface area contributed by atoms with Crippen LogP contribution in [-0.4, -0.2) is 60.6 Å². The van der Waals surface area contributed by atoms with Crippen molar-refractivity contribution in [2.75, 3.05) is 33.4 Å². The summed E-state index contributed by atoms with van der Waals surface area (Å²) in [6.07, 6.45) is 0.943. The molecule has 0 bridgehead atoms. The number of carbonyl (C=O) groups is 2. The van der Waals surface area contributed by atoms with Crippen molar-refractivity contribution in [3.63, 3.8) is 0 Å². The average Bonchev–Trinajstić information content (AvgIpc) is 2.94. The van der Waals surface area contributed by atoms with Crippen LogP contribution in [0.15, 0.2) is 72.8 Å². The molecule has 0 aromatic heterocycles. The third kappa shape index (κ3) is 7.98. The van der Waals surface area contributed by atoms with Crippen LogP contribution in [-0.2, 0) is 27.3 Å². The van der Waals surface area contributed by atoms with E-state index in [0.29, 0.717) is 48.3 Å². The molecule has 0 radical (unpaired) electrons. The molecule has 1 aliphatic heterocycles. The van der Waals surface area contributed by atoms with Gasteiger partial charge in [0.05, 0.1) is 19.6 Å². The van der Waals surface area contributed by atoms with Crippen LogP contribution in [0, 0.1) is 6.92 Å². The molecule has 1 unspecified atom stereocenters. The Labute approximate surface area is 240 Å². The number of ether oxygens (including phenoxy) is 2. The number of hydrogen-bond donors (Lipinski definition) is 0. The van der Waals surface area contributed by atoms with E-state index in [9.17, 15) is 9.59 Å². The molecule has 0 N–H and O–H groups in total. The SMILES string of the molecule is Cc1cc(OCC2(CC(=O)N(C)Cc3ccccc3)CN(C(=O)CCc3ccccc3Cl)CCO2)ccc1Cl. The highest BCUT2D eigenvalue weighted by Gasteiger charge is 2.42. The van der Waals surface area contributed by atoms with Gasteiger partial charge in [-0.25, -0.2) is 0 Å². The molecule has 3 aromatic carbocycles. The van der Waals surface area contributed by atoms with Crippen LogP contribution in [0.2, 0.25) is 10.0 Å². The lowest BCUT2D eigenvalue weighted by atomic mass is 9.96. The van der Waals surface area contributed by atoms with E-state index in [1.165, 1.54) is 0 Å². The molecule has 0 aliphatic carbocycles. The van der Waals surface area contributed by atoms with Crippen LogP contribution >= 0.6 is 23.2 Å².